The fourth-order valence-corrected chi connectivity index (χ4v) is 5.01. The van der Waals surface area contributed by atoms with Gasteiger partial charge in [0.15, 0.2) is 5.16 Å². The van der Waals surface area contributed by atoms with Crippen molar-refractivity contribution in [2.45, 2.75) is 42.5 Å². The molecule has 176 valence electrons. The molecule has 8 nitrogen and oxygen atoms in total. The van der Waals surface area contributed by atoms with Gasteiger partial charge in [0.05, 0.1) is 33.7 Å². The van der Waals surface area contributed by atoms with Crippen LogP contribution in [0.5, 0.6) is 5.75 Å². The highest BCUT2D eigenvalue weighted by Gasteiger charge is 2.20. The summed E-state index contributed by atoms with van der Waals surface area (Å²) in [6.45, 7) is 2.98. The standard InChI is InChI=1S/C23H28N4O4S2/c1-4-5-12-27-22-11-10-20(33(29,30)26(2)3)13-21(22)25-23(27)32-16-18(28)15-31-19-8-6-17(14-24)7-9-19/h6-11,13,18,28H,4-5,12,15-16H2,1-3H3. The third kappa shape index (κ3) is 6.06. The number of aliphatic hydroxyl groups excluding tert-OH is 1. The number of aromatic nitrogens is 2. The first-order valence-corrected chi connectivity index (χ1v) is 13.1. The van der Waals surface area contributed by atoms with Gasteiger partial charge in [-0.15, -0.1) is 0 Å². The summed E-state index contributed by atoms with van der Waals surface area (Å²) in [7, 11) is -0.546. The number of rotatable bonds is 11. The van der Waals surface area contributed by atoms with Gasteiger partial charge in [-0.05, 0) is 48.9 Å². The Balaban J connectivity index is 1.74. The number of thioether (sulfide) groups is 1. The zero-order chi connectivity index (χ0) is 24.0. The van der Waals surface area contributed by atoms with Crippen molar-refractivity contribution >= 4 is 32.8 Å². The van der Waals surface area contributed by atoms with Gasteiger partial charge in [-0.1, -0.05) is 25.1 Å². The highest BCUT2D eigenvalue weighted by atomic mass is 32.2. The van der Waals surface area contributed by atoms with Gasteiger partial charge in [-0.3, -0.25) is 0 Å². The summed E-state index contributed by atoms with van der Waals surface area (Å²) in [5.74, 6) is 0.956. The lowest BCUT2D eigenvalue weighted by atomic mass is 10.2. The van der Waals surface area contributed by atoms with Crippen LogP contribution in [0.25, 0.3) is 11.0 Å². The lowest BCUT2D eigenvalue weighted by Gasteiger charge is -2.13. The molecule has 3 rings (SSSR count). The highest BCUT2D eigenvalue weighted by Crippen LogP contribution is 2.28. The second-order valence-corrected chi connectivity index (χ2v) is 10.9. The van der Waals surface area contributed by atoms with Crippen LogP contribution in [0.4, 0.5) is 0 Å². The van der Waals surface area contributed by atoms with Crippen molar-refractivity contribution in [2.24, 2.45) is 0 Å². The average Bonchev–Trinajstić information content (AvgIpc) is 3.16. The van der Waals surface area contributed by atoms with Crippen molar-refractivity contribution in [3.8, 4) is 11.8 Å². The predicted octanol–water partition coefficient (Wildman–Crippen LogP) is 3.49. The van der Waals surface area contributed by atoms with Crippen LogP contribution in [0.1, 0.15) is 25.3 Å². The first-order valence-electron chi connectivity index (χ1n) is 10.6. The van der Waals surface area contributed by atoms with Crippen molar-refractivity contribution in [2.75, 3.05) is 26.5 Å². The highest BCUT2D eigenvalue weighted by molar-refractivity contribution is 7.99. The van der Waals surface area contributed by atoms with Crippen LogP contribution >= 0.6 is 11.8 Å². The van der Waals surface area contributed by atoms with Crippen LogP contribution in [-0.2, 0) is 16.6 Å². The van der Waals surface area contributed by atoms with E-state index in [2.05, 4.69) is 22.5 Å². The topological polar surface area (TPSA) is 108 Å². The van der Waals surface area contributed by atoms with Gasteiger partial charge in [0.25, 0.3) is 0 Å². The van der Waals surface area contributed by atoms with Gasteiger partial charge in [0, 0.05) is 26.4 Å². The summed E-state index contributed by atoms with van der Waals surface area (Å²) in [6, 6.07) is 13.8. The largest absolute Gasteiger partial charge is 0.491 e. The molecular formula is C23H28N4O4S2. The molecule has 0 aliphatic heterocycles. The van der Waals surface area contributed by atoms with Gasteiger partial charge in [0.2, 0.25) is 10.0 Å². The Hall–Kier alpha value is -2.58. The van der Waals surface area contributed by atoms with Crippen molar-refractivity contribution in [1.29, 1.82) is 5.26 Å². The molecule has 10 heteroatoms. The molecule has 33 heavy (non-hydrogen) atoms. The van der Waals surface area contributed by atoms with E-state index in [0.717, 1.165) is 30.1 Å². The van der Waals surface area contributed by atoms with Crippen LogP contribution in [0.2, 0.25) is 0 Å². The van der Waals surface area contributed by atoms with E-state index in [0.29, 0.717) is 22.6 Å². The number of aryl methyl sites for hydroxylation is 1. The van der Waals surface area contributed by atoms with Gasteiger partial charge in [-0.2, -0.15) is 5.26 Å². The van der Waals surface area contributed by atoms with E-state index in [9.17, 15) is 13.5 Å². The summed E-state index contributed by atoms with van der Waals surface area (Å²) in [4.78, 5) is 4.87. The molecule has 1 aromatic heterocycles. The minimum atomic E-state index is -3.55. The van der Waals surface area contributed by atoms with E-state index in [1.807, 2.05) is 0 Å². The number of hydrogen-bond acceptors (Lipinski definition) is 7. The molecule has 3 aromatic rings. The smallest absolute Gasteiger partial charge is 0.242 e. The number of nitriles is 1. The van der Waals surface area contributed by atoms with E-state index in [-0.39, 0.29) is 11.5 Å². The summed E-state index contributed by atoms with van der Waals surface area (Å²) >= 11 is 1.41. The Labute approximate surface area is 198 Å². The van der Waals surface area contributed by atoms with E-state index in [4.69, 9.17) is 10.00 Å². The number of nitrogens with zero attached hydrogens (tertiary/aromatic N) is 4. The molecule has 0 aliphatic rings. The van der Waals surface area contributed by atoms with Crippen molar-refractivity contribution < 1.29 is 18.3 Å². The zero-order valence-corrected chi connectivity index (χ0v) is 20.6. The molecule has 1 atom stereocenters. The maximum Gasteiger partial charge on any atom is 0.242 e. The number of unbranched alkanes of at least 4 members (excludes halogenated alkanes) is 1. The van der Waals surface area contributed by atoms with Crippen molar-refractivity contribution in [1.82, 2.24) is 13.9 Å². The van der Waals surface area contributed by atoms with Crippen LogP contribution in [0.3, 0.4) is 0 Å². The Bertz CT molecular complexity index is 1230. The Morgan fingerprint density at radius 1 is 1.24 bits per heavy atom. The average molecular weight is 489 g/mol. The molecule has 0 fully saturated rings. The minimum Gasteiger partial charge on any atom is -0.491 e. The van der Waals surface area contributed by atoms with E-state index < -0.39 is 16.1 Å². The summed E-state index contributed by atoms with van der Waals surface area (Å²) < 4.78 is 33.9. The lowest BCUT2D eigenvalue weighted by molar-refractivity contribution is 0.126. The number of benzene rings is 2. The lowest BCUT2D eigenvalue weighted by Crippen LogP contribution is -2.22. The van der Waals surface area contributed by atoms with E-state index >= 15 is 0 Å². The number of imidazole rings is 1. The van der Waals surface area contributed by atoms with Gasteiger partial charge < -0.3 is 14.4 Å². The third-order valence-electron chi connectivity index (χ3n) is 5.03. The van der Waals surface area contributed by atoms with E-state index in [1.54, 1.807) is 42.5 Å². The monoisotopic (exact) mass is 488 g/mol. The van der Waals surface area contributed by atoms with Crippen molar-refractivity contribution in [3.63, 3.8) is 0 Å². The molecule has 0 saturated heterocycles. The SMILES string of the molecule is CCCCn1c(SCC(O)COc2ccc(C#N)cc2)nc2cc(S(=O)(=O)N(C)C)ccc21. The number of ether oxygens (including phenoxy) is 1. The van der Waals surface area contributed by atoms with Gasteiger partial charge in [-0.25, -0.2) is 17.7 Å². The molecule has 1 unspecified atom stereocenters. The van der Waals surface area contributed by atoms with Gasteiger partial charge in [0.1, 0.15) is 12.4 Å². The number of sulfonamides is 1. The zero-order valence-electron chi connectivity index (χ0n) is 18.9. The quantitative estimate of drug-likeness (QED) is 0.412. The molecule has 1 N–H and O–H groups in total. The van der Waals surface area contributed by atoms with Crippen LogP contribution in [0.15, 0.2) is 52.5 Å². The molecular weight excluding hydrogens is 460 g/mol. The predicted molar refractivity (Wildman–Crippen MR) is 129 cm³/mol. The van der Waals surface area contributed by atoms with Crippen LogP contribution in [0, 0.1) is 11.3 Å². The molecule has 0 amide bonds. The number of aliphatic hydroxyl groups is 1. The summed E-state index contributed by atoms with van der Waals surface area (Å²) in [5, 5.41) is 20.0. The number of hydrogen-bond donors (Lipinski definition) is 1. The maximum atomic E-state index is 12.5. The fourth-order valence-electron chi connectivity index (χ4n) is 3.14. The first-order chi connectivity index (χ1) is 15.8. The Kier molecular flexibility index (Phi) is 8.37. The molecule has 1 heterocycles. The molecule has 0 radical (unpaired) electrons. The van der Waals surface area contributed by atoms with Crippen molar-refractivity contribution in [3.05, 3.63) is 48.0 Å². The minimum absolute atomic E-state index is 0.110. The fraction of sp³-hybridized carbons (Fsp3) is 0.391. The molecule has 0 aliphatic carbocycles. The summed E-state index contributed by atoms with van der Waals surface area (Å²) in [5.41, 5.74) is 2.03. The molecule has 2 aromatic carbocycles. The molecule has 0 bridgehead atoms. The van der Waals surface area contributed by atoms with Gasteiger partial charge >= 0.3 is 0 Å². The number of fused-ring (bicyclic) bond motifs is 1. The first kappa shape index (κ1) is 25.1. The summed E-state index contributed by atoms with van der Waals surface area (Å²) in [6.07, 6.45) is 1.24. The van der Waals surface area contributed by atoms with Crippen LogP contribution < -0.4 is 4.74 Å². The Morgan fingerprint density at radius 2 is 1.97 bits per heavy atom. The second-order valence-electron chi connectivity index (χ2n) is 7.75. The second kappa shape index (κ2) is 11.0. The van der Waals surface area contributed by atoms with Crippen LogP contribution in [-0.4, -0.2) is 59.9 Å². The molecule has 0 saturated carbocycles. The molecule has 0 spiro atoms. The third-order valence-corrected chi connectivity index (χ3v) is 7.96. The Morgan fingerprint density at radius 3 is 2.61 bits per heavy atom. The maximum absolute atomic E-state index is 12.5. The normalized spacial score (nSPS) is 12.7. The van der Waals surface area contributed by atoms with E-state index in [1.165, 1.54) is 30.2 Å².